The summed E-state index contributed by atoms with van der Waals surface area (Å²) in [6, 6.07) is 10.1. The quantitative estimate of drug-likeness (QED) is 0.713. The lowest BCUT2D eigenvalue weighted by Gasteiger charge is -2.03. The van der Waals surface area contributed by atoms with Crippen molar-refractivity contribution in [3.63, 3.8) is 0 Å². The third-order valence-electron chi connectivity index (χ3n) is 2.27. The molecule has 2 aromatic carbocycles. The first-order chi connectivity index (χ1) is 7.68. The van der Waals surface area contributed by atoms with E-state index in [9.17, 15) is 9.90 Å². The lowest BCUT2D eigenvalue weighted by atomic mass is 10.0. The SMILES string of the molecule is NC(=O)N=Cc1c(O)ccc2ccccc12. The van der Waals surface area contributed by atoms with Crippen molar-refractivity contribution in [3.05, 3.63) is 42.0 Å². The molecule has 0 aromatic heterocycles. The number of hydrogen-bond donors (Lipinski definition) is 2. The molecule has 0 heterocycles. The van der Waals surface area contributed by atoms with Gasteiger partial charge >= 0.3 is 6.03 Å². The maximum absolute atomic E-state index is 10.6. The van der Waals surface area contributed by atoms with E-state index in [4.69, 9.17) is 5.73 Å². The molecule has 2 rings (SSSR count). The monoisotopic (exact) mass is 214 g/mol. The van der Waals surface area contributed by atoms with Crippen molar-refractivity contribution in [2.45, 2.75) is 0 Å². The zero-order valence-corrected chi connectivity index (χ0v) is 8.42. The van der Waals surface area contributed by atoms with E-state index >= 15 is 0 Å². The van der Waals surface area contributed by atoms with E-state index in [1.165, 1.54) is 6.21 Å². The van der Waals surface area contributed by atoms with Crippen LogP contribution in [0.2, 0.25) is 0 Å². The number of primary amides is 1. The molecule has 0 atom stereocenters. The first-order valence-corrected chi connectivity index (χ1v) is 4.72. The number of aliphatic imine (C=N–C) groups is 1. The average Bonchev–Trinajstić information content (AvgIpc) is 2.27. The van der Waals surface area contributed by atoms with E-state index in [1.54, 1.807) is 12.1 Å². The van der Waals surface area contributed by atoms with E-state index in [-0.39, 0.29) is 5.75 Å². The summed E-state index contributed by atoms with van der Waals surface area (Å²) in [4.78, 5) is 14.0. The Morgan fingerprint density at radius 1 is 1.25 bits per heavy atom. The lowest BCUT2D eigenvalue weighted by molar-refractivity contribution is 0.257. The molecule has 3 N–H and O–H groups in total. The fourth-order valence-electron chi connectivity index (χ4n) is 1.55. The summed E-state index contributed by atoms with van der Waals surface area (Å²) in [6.07, 6.45) is 1.28. The number of rotatable bonds is 1. The van der Waals surface area contributed by atoms with Crippen LogP contribution in [0.15, 0.2) is 41.4 Å². The number of phenols is 1. The molecule has 16 heavy (non-hydrogen) atoms. The number of phenolic OH excluding ortho intramolecular Hbond substituents is 1. The van der Waals surface area contributed by atoms with E-state index < -0.39 is 6.03 Å². The van der Waals surface area contributed by atoms with Crippen LogP contribution < -0.4 is 5.73 Å². The molecule has 0 aliphatic heterocycles. The highest BCUT2D eigenvalue weighted by atomic mass is 16.3. The van der Waals surface area contributed by atoms with Gasteiger partial charge < -0.3 is 10.8 Å². The Bertz CT molecular complexity index is 576. The minimum absolute atomic E-state index is 0.0729. The highest BCUT2D eigenvalue weighted by Crippen LogP contribution is 2.25. The van der Waals surface area contributed by atoms with Crippen LogP contribution in [-0.4, -0.2) is 17.4 Å². The normalized spacial score (nSPS) is 11.0. The van der Waals surface area contributed by atoms with Gasteiger partial charge in [-0.05, 0) is 16.8 Å². The van der Waals surface area contributed by atoms with E-state index in [2.05, 4.69) is 4.99 Å². The van der Waals surface area contributed by atoms with Crippen molar-refractivity contribution in [1.29, 1.82) is 0 Å². The largest absolute Gasteiger partial charge is 0.507 e. The molecule has 4 nitrogen and oxygen atoms in total. The van der Waals surface area contributed by atoms with Gasteiger partial charge in [0.2, 0.25) is 0 Å². The van der Waals surface area contributed by atoms with Crippen molar-refractivity contribution in [3.8, 4) is 5.75 Å². The molecule has 80 valence electrons. The first kappa shape index (κ1) is 10.2. The molecule has 0 bridgehead atoms. The van der Waals surface area contributed by atoms with Gasteiger partial charge in [0.1, 0.15) is 5.75 Å². The van der Waals surface area contributed by atoms with Crippen molar-refractivity contribution in [2.24, 2.45) is 10.7 Å². The zero-order valence-electron chi connectivity index (χ0n) is 8.42. The summed E-state index contributed by atoms with van der Waals surface area (Å²) in [5.74, 6) is 0.0729. The second-order valence-corrected chi connectivity index (χ2v) is 3.32. The predicted molar refractivity (Wildman–Crippen MR) is 62.8 cm³/mol. The van der Waals surface area contributed by atoms with Gasteiger partial charge in [0, 0.05) is 11.8 Å². The highest BCUT2D eigenvalue weighted by molar-refractivity contribution is 6.04. The third kappa shape index (κ3) is 1.86. The Hall–Kier alpha value is -2.36. The summed E-state index contributed by atoms with van der Waals surface area (Å²) in [7, 11) is 0. The molecule has 0 saturated carbocycles. The van der Waals surface area contributed by atoms with Crippen molar-refractivity contribution in [1.82, 2.24) is 0 Å². The van der Waals surface area contributed by atoms with Crippen LogP contribution in [0.4, 0.5) is 4.79 Å². The molecule has 2 amide bonds. The maximum Gasteiger partial charge on any atom is 0.338 e. The van der Waals surface area contributed by atoms with Gasteiger partial charge in [-0.3, -0.25) is 0 Å². The summed E-state index contributed by atoms with van der Waals surface area (Å²) >= 11 is 0. The minimum Gasteiger partial charge on any atom is -0.507 e. The van der Waals surface area contributed by atoms with Gasteiger partial charge in [-0.25, -0.2) is 9.79 Å². The maximum atomic E-state index is 10.6. The Kier molecular flexibility index (Phi) is 2.55. The topological polar surface area (TPSA) is 75.7 Å². The molecule has 0 radical (unpaired) electrons. The number of carbonyl (C=O) groups is 1. The number of fused-ring (bicyclic) bond motifs is 1. The van der Waals surface area contributed by atoms with Gasteiger partial charge in [0.15, 0.2) is 0 Å². The summed E-state index contributed by atoms with van der Waals surface area (Å²) < 4.78 is 0. The van der Waals surface area contributed by atoms with Crippen molar-refractivity contribution >= 4 is 23.0 Å². The zero-order chi connectivity index (χ0) is 11.5. The standard InChI is InChI=1S/C12H10N2O2/c13-12(16)14-7-10-9-4-2-1-3-8(9)5-6-11(10)15/h1-7,15H,(H2,13,16). The molecule has 0 spiro atoms. The summed E-state index contributed by atoms with van der Waals surface area (Å²) in [6.45, 7) is 0. The van der Waals surface area contributed by atoms with Crippen LogP contribution in [0, 0.1) is 0 Å². The van der Waals surface area contributed by atoms with Crippen LogP contribution in [0.5, 0.6) is 5.75 Å². The fourth-order valence-corrected chi connectivity index (χ4v) is 1.55. The average molecular weight is 214 g/mol. The first-order valence-electron chi connectivity index (χ1n) is 4.72. The smallest absolute Gasteiger partial charge is 0.338 e. The number of hydrogen-bond acceptors (Lipinski definition) is 2. The number of nitrogens with zero attached hydrogens (tertiary/aromatic N) is 1. The second kappa shape index (κ2) is 4.02. The van der Waals surface area contributed by atoms with Crippen LogP contribution in [0.25, 0.3) is 10.8 Å². The summed E-state index contributed by atoms with van der Waals surface area (Å²) in [5.41, 5.74) is 5.41. The van der Waals surface area contributed by atoms with Gasteiger partial charge in [-0.2, -0.15) is 0 Å². The van der Waals surface area contributed by atoms with Crippen LogP contribution in [0.3, 0.4) is 0 Å². The number of urea groups is 1. The molecule has 4 heteroatoms. The van der Waals surface area contributed by atoms with Gasteiger partial charge in [-0.1, -0.05) is 30.3 Å². The highest BCUT2D eigenvalue weighted by Gasteiger charge is 2.04. The molecule has 0 unspecified atom stereocenters. The van der Waals surface area contributed by atoms with E-state index in [0.717, 1.165) is 10.8 Å². The Morgan fingerprint density at radius 2 is 2.00 bits per heavy atom. The van der Waals surface area contributed by atoms with Crippen molar-refractivity contribution in [2.75, 3.05) is 0 Å². The van der Waals surface area contributed by atoms with Crippen LogP contribution in [-0.2, 0) is 0 Å². The van der Waals surface area contributed by atoms with Gasteiger partial charge in [0.25, 0.3) is 0 Å². The van der Waals surface area contributed by atoms with Gasteiger partial charge in [-0.15, -0.1) is 0 Å². The molecule has 0 fully saturated rings. The second-order valence-electron chi connectivity index (χ2n) is 3.32. The fraction of sp³-hybridized carbons (Fsp3) is 0. The summed E-state index contributed by atoms with van der Waals surface area (Å²) in [5, 5.41) is 11.5. The number of aromatic hydroxyl groups is 1. The molecule has 0 aliphatic carbocycles. The number of carbonyl (C=O) groups excluding carboxylic acids is 1. The number of amides is 2. The van der Waals surface area contributed by atoms with Gasteiger partial charge in [0.05, 0.1) is 0 Å². The van der Waals surface area contributed by atoms with Crippen molar-refractivity contribution < 1.29 is 9.90 Å². The van der Waals surface area contributed by atoms with E-state index in [1.807, 2.05) is 24.3 Å². The Balaban J connectivity index is 2.66. The van der Waals surface area contributed by atoms with E-state index in [0.29, 0.717) is 5.56 Å². The molecule has 0 saturated heterocycles. The third-order valence-corrected chi connectivity index (χ3v) is 2.27. The molecular weight excluding hydrogens is 204 g/mol. The van der Waals surface area contributed by atoms with Crippen LogP contribution in [0.1, 0.15) is 5.56 Å². The Morgan fingerprint density at radius 3 is 2.75 bits per heavy atom. The Labute approximate surface area is 92.0 Å². The number of benzene rings is 2. The molecule has 0 aliphatic rings. The molecular formula is C12H10N2O2. The lowest BCUT2D eigenvalue weighted by Crippen LogP contribution is -2.04. The predicted octanol–water partition coefficient (Wildman–Crippen LogP) is 2.04. The van der Waals surface area contributed by atoms with Crippen LogP contribution >= 0.6 is 0 Å². The molecule has 2 aromatic rings. The minimum atomic E-state index is -0.785. The number of nitrogens with two attached hydrogens (primary N) is 1.